The van der Waals surface area contributed by atoms with Gasteiger partial charge in [-0.2, -0.15) is 0 Å². The highest BCUT2D eigenvalue weighted by molar-refractivity contribution is 9.11. The van der Waals surface area contributed by atoms with E-state index in [1.165, 1.54) is 12.1 Å². The Morgan fingerprint density at radius 2 is 1.90 bits per heavy atom. The molecule has 104 valence electrons. The maximum atomic E-state index is 10.7. The van der Waals surface area contributed by atoms with Gasteiger partial charge in [-0.3, -0.25) is 10.1 Å². The van der Waals surface area contributed by atoms with Crippen LogP contribution in [0.25, 0.3) is 0 Å². The predicted octanol–water partition coefficient (Wildman–Crippen LogP) is 5.39. The van der Waals surface area contributed by atoms with Gasteiger partial charge < -0.3 is 5.32 Å². The first-order valence-electron chi connectivity index (χ1n) is 5.59. The number of nitrogens with zero attached hydrogens (tertiary/aromatic N) is 1. The Morgan fingerprint density at radius 1 is 1.15 bits per heavy atom. The number of benzene rings is 2. The molecular formula is C13H9Br2ClN2O2. The third-order valence-corrected chi connectivity index (χ3v) is 4.52. The van der Waals surface area contributed by atoms with Gasteiger partial charge in [0.25, 0.3) is 5.69 Å². The van der Waals surface area contributed by atoms with Crippen LogP contribution in [0.5, 0.6) is 0 Å². The molecule has 7 heteroatoms. The monoisotopic (exact) mass is 418 g/mol. The Hall–Kier alpha value is -1.11. The minimum atomic E-state index is -0.428. The largest absolute Gasteiger partial charge is 0.380 e. The molecular weight excluding hydrogens is 411 g/mol. The summed E-state index contributed by atoms with van der Waals surface area (Å²) < 4.78 is 1.49. The first-order chi connectivity index (χ1) is 9.47. The summed E-state index contributed by atoms with van der Waals surface area (Å²) in [6.45, 7) is 0.573. The Bertz CT molecular complexity index is 665. The van der Waals surface area contributed by atoms with Crippen molar-refractivity contribution in [1.29, 1.82) is 0 Å². The van der Waals surface area contributed by atoms with Gasteiger partial charge in [0.1, 0.15) is 0 Å². The van der Waals surface area contributed by atoms with Gasteiger partial charge in [0.05, 0.1) is 9.95 Å². The van der Waals surface area contributed by atoms with E-state index in [0.717, 1.165) is 15.7 Å². The average Bonchev–Trinajstić information content (AvgIpc) is 2.41. The maximum absolute atomic E-state index is 10.7. The van der Waals surface area contributed by atoms with Crippen molar-refractivity contribution in [2.75, 3.05) is 5.32 Å². The standard InChI is InChI=1S/C13H9Br2ClN2O2/c14-10-3-1-8(5-12(10)16)7-17-13-4-2-9(18(19)20)6-11(13)15/h1-6,17H,7H2. The summed E-state index contributed by atoms with van der Waals surface area (Å²) in [5, 5.41) is 14.5. The molecule has 0 aliphatic carbocycles. The fourth-order valence-corrected chi connectivity index (χ4v) is 2.56. The number of rotatable bonds is 4. The maximum Gasteiger partial charge on any atom is 0.270 e. The Labute approximate surface area is 137 Å². The van der Waals surface area contributed by atoms with Crippen LogP contribution in [-0.4, -0.2) is 4.92 Å². The van der Waals surface area contributed by atoms with Gasteiger partial charge in [-0.25, -0.2) is 0 Å². The first-order valence-corrected chi connectivity index (χ1v) is 7.55. The van der Waals surface area contributed by atoms with Gasteiger partial charge in [-0.15, -0.1) is 0 Å². The molecule has 2 aromatic rings. The normalized spacial score (nSPS) is 10.3. The van der Waals surface area contributed by atoms with E-state index in [9.17, 15) is 10.1 Å². The minimum Gasteiger partial charge on any atom is -0.380 e. The van der Waals surface area contributed by atoms with Gasteiger partial charge in [-0.1, -0.05) is 17.7 Å². The fraction of sp³-hybridized carbons (Fsp3) is 0.0769. The fourth-order valence-electron chi connectivity index (χ4n) is 1.61. The van der Waals surface area contributed by atoms with E-state index in [0.29, 0.717) is 16.0 Å². The van der Waals surface area contributed by atoms with Crippen LogP contribution >= 0.6 is 43.5 Å². The van der Waals surface area contributed by atoms with Crippen molar-refractivity contribution in [3.05, 3.63) is 66.0 Å². The lowest BCUT2D eigenvalue weighted by molar-refractivity contribution is -0.384. The molecule has 1 N–H and O–H groups in total. The molecule has 4 nitrogen and oxygen atoms in total. The SMILES string of the molecule is O=[N+]([O-])c1ccc(NCc2ccc(Br)c(Cl)c2)c(Br)c1. The van der Waals surface area contributed by atoms with E-state index in [4.69, 9.17) is 11.6 Å². The van der Waals surface area contributed by atoms with Crippen LogP contribution < -0.4 is 5.32 Å². The molecule has 0 bridgehead atoms. The first kappa shape index (κ1) is 15.3. The highest BCUT2D eigenvalue weighted by Gasteiger charge is 2.09. The Morgan fingerprint density at radius 3 is 2.50 bits per heavy atom. The molecule has 0 heterocycles. The topological polar surface area (TPSA) is 55.2 Å². The van der Waals surface area contributed by atoms with Crippen molar-refractivity contribution in [3.63, 3.8) is 0 Å². The Kier molecular flexibility index (Phi) is 5.01. The number of nitro benzene ring substituents is 1. The number of anilines is 1. The summed E-state index contributed by atoms with van der Waals surface area (Å²) >= 11 is 12.7. The van der Waals surface area contributed by atoms with Gasteiger partial charge in [0, 0.05) is 33.3 Å². The van der Waals surface area contributed by atoms with Crippen molar-refractivity contribution >= 4 is 54.8 Å². The van der Waals surface area contributed by atoms with Crippen LogP contribution in [0, 0.1) is 10.1 Å². The molecule has 0 aliphatic rings. The third kappa shape index (κ3) is 3.71. The zero-order valence-corrected chi connectivity index (χ0v) is 14.0. The van der Waals surface area contributed by atoms with Crippen LogP contribution in [0.1, 0.15) is 5.56 Å². The summed E-state index contributed by atoms with van der Waals surface area (Å²) in [6.07, 6.45) is 0. The molecule has 0 saturated heterocycles. The van der Waals surface area contributed by atoms with Crippen molar-refractivity contribution in [2.24, 2.45) is 0 Å². The van der Waals surface area contributed by atoms with Crippen LogP contribution in [-0.2, 0) is 6.54 Å². The minimum absolute atomic E-state index is 0.0501. The van der Waals surface area contributed by atoms with Crippen molar-refractivity contribution in [1.82, 2.24) is 0 Å². The van der Waals surface area contributed by atoms with Gasteiger partial charge in [-0.05, 0) is 55.6 Å². The van der Waals surface area contributed by atoms with Crippen LogP contribution in [0.4, 0.5) is 11.4 Å². The second-order valence-corrected chi connectivity index (χ2v) is 6.14. The number of hydrogen-bond acceptors (Lipinski definition) is 3. The molecule has 0 spiro atoms. The summed E-state index contributed by atoms with van der Waals surface area (Å²) in [5.41, 5.74) is 1.85. The summed E-state index contributed by atoms with van der Waals surface area (Å²) in [5.74, 6) is 0. The highest BCUT2D eigenvalue weighted by atomic mass is 79.9. The molecule has 0 aliphatic heterocycles. The summed E-state index contributed by atoms with van der Waals surface area (Å²) in [4.78, 5) is 10.2. The number of nitro groups is 1. The number of halogens is 3. The van der Waals surface area contributed by atoms with Gasteiger partial charge in [0.15, 0.2) is 0 Å². The summed E-state index contributed by atoms with van der Waals surface area (Å²) in [7, 11) is 0. The van der Waals surface area contributed by atoms with Crippen LogP contribution in [0.3, 0.4) is 0 Å². The van der Waals surface area contributed by atoms with Gasteiger partial charge in [0.2, 0.25) is 0 Å². The zero-order valence-electron chi connectivity index (χ0n) is 10.1. The molecule has 0 atom stereocenters. The molecule has 0 unspecified atom stereocenters. The van der Waals surface area contributed by atoms with E-state index in [1.54, 1.807) is 6.07 Å². The second kappa shape index (κ2) is 6.56. The van der Waals surface area contributed by atoms with E-state index in [1.807, 2.05) is 18.2 Å². The molecule has 20 heavy (non-hydrogen) atoms. The molecule has 0 amide bonds. The van der Waals surface area contributed by atoms with Crippen LogP contribution in [0.15, 0.2) is 45.3 Å². The Balaban J connectivity index is 2.10. The molecule has 2 rings (SSSR count). The number of hydrogen-bond donors (Lipinski definition) is 1. The molecule has 0 fully saturated rings. The van der Waals surface area contributed by atoms with Crippen LogP contribution in [0.2, 0.25) is 5.02 Å². The smallest absolute Gasteiger partial charge is 0.270 e. The quantitative estimate of drug-likeness (QED) is 0.533. The lowest BCUT2D eigenvalue weighted by Crippen LogP contribution is -2.00. The van der Waals surface area contributed by atoms with E-state index < -0.39 is 4.92 Å². The number of nitrogens with one attached hydrogen (secondary N) is 1. The van der Waals surface area contributed by atoms with E-state index in [2.05, 4.69) is 37.2 Å². The average molecular weight is 420 g/mol. The van der Waals surface area contributed by atoms with Crippen molar-refractivity contribution < 1.29 is 4.92 Å². The van der Waals surface area contributed by atoms with Crippen molar-refractivity contribution in [2.45, 2.75) is 6.54 Å². The lowest BCUT2D eigenvalue weighted by Gasteiger charge is -2.09. The number of non-ortho nitro benzene ring substituents is 1. The molecule has 0 radical (unpaired) electrons. The molecule has 0 aromatic heterocycles. The zero-order chi connectivity index (χ0) is 14.7. The summed E-state index contributed by atoms with van der Waals surface area (Å²) in [6, 6.07) is 10.3. The highest BCUT2D eigenvalue weighted by Crippen LogP contribution is 2.28. The lowest BCUT2D eigenvalue weighted by atomic mass is 10.2. The van der Waals surface area contributed by atoms with Gasteiger partial charge >= 0.3 is 0 Å². The third-order valence-electron chi connectivity index (χ3n) is 2.63. The van der Waals surface area contributed by atoms with E-state index >= 15 is 0 Å². The molecule has 2 aromatic carbocycles. The van der Waals surface area contributed by atoms with E-state index in [-0.39, 0.29) is 5.69 Å². The predicted molar refractivity (Wildman–Crippen MR) is 87.3 cm³/mol. The second-order valence-electron chi connectivity index (χ2n) is 4.02. The van der Waals surface area contributed by atoms with Crippen molar-refractivity contribution in [3.8, 4) is 0 Å². The molecule has 0 saturated carbocycles.